The molecule has 2 fully saturated rings. The lowest BCUT2D eigenvalue weighted by Gasteiger charge is -2.39. The number of aryl methyl sites for hydroxylation is 1. The molecule has 0 spiro atoms. The normalized spacial score (nSPS) is 18.2. The van der Waals surface area contributed by atoms with Crippen LogP contribution < -0.4 is 15.4 Å². The topological polar surface area (TPSA) is 95.8 Å². The molecule has 27 heavy (non-hydrogen) atoms. The van der Waals surface area contributed by atoms with Gasteiger partial charge in [-0.25, -0.2) is 9.97 Å². The molecular weight excluding hydrogens is 344 g/mol. The quantitative estimate of drug-likeness (QED) is 0.738. The van der Waals surface area contributed by atoms with Crippen molar-refractivity contribution in [3.8, 4) is 0 Å². The monoisotopic (exact) mass is 366 g/mol. The first-order chi connectivity index (χ1) is 13.2. The molecule has 0 bridgehead atoms. The Kier molecular flexibility index (Phi) is 3.80. The molecule has 140 valence electrons. The average molecular weight is 366 g/mol. The van der Waals surface area contributed by atoms with Gasteiger partial charge in [-0.2, -0.15) is 10.1 Å². The van der Waals surface area contributed by atoms with Crippen LogP contribution in [0.4, 0.5) is 11.8 Å². The molecule has 0 amide bonds. The first-order valence-electron chi connectivity index (χ1n) is 9.42. The van der Waals surface area contributed by atoms with Crippen LogP contribution in [0.3, 0.4) is 0 Å². The number of hydrogen-bond donors (Lipinski definition) is 1. The van der Waals surface area contributed by atoms with Gasteiger partial charge in [0.15, 0.2) is 5.65 Å². The van der Waals surface area contributed by atoms with Gasteiger partial charge in [0.1, 0.15) is 17.5 Å². The van der Waals surface area contributed by atoms with Gasteiger partial charge >= 0.3 is 0 Å². The second-order valence-corrected chi connectivity index (χ2v) is 7.32. The lowest BCUT2D eigenvalue weighted by Crippen LogP contribution is -2.47. The Bertz CT molecular complexity index is 1000. The highest BCUT2D eigenvalue weighted by molar-refractivity contribution is 5.74. The molecular formula is C18H22N8O. The predicted octanol–water partition coefficient (Wildman–Crippen LogP) is 1.08. The molecule has 1 saturated carbocycles. The van der Waals surface area contributed by atoms with Gasteiger partial charge in [0, 0.05) is 38.4 Å². The summed E-state index contributed by atoms with van der Waals surface area (Å²) in [4.78, 5) is 33.0. The number of piperidine rings is 1. The van der Waals surface area contributed by atoms with E-state index in [1.165, 1.54) is 12.8 Å². The van der Waals surface area contributed by atoms with Gasteiger partial charge in [-0.05, 0) is 31.7 Å². The minimum atomic E-state index is -0.134. The van der Waals surface area contributed by atoms with Crippen LogP contribution in [0.1, 0.15) is 25.7 Å². The highest BCUT2D eigenvalue weighted by atomic mass is 16.1. The molecule has 1 saturated heterocycles. The summed E-state index contributed by atoms with van der Waals surface area (Å²) in [5, 5.41) is 4.66. The summed E-state index contributed by atoms with van der Waals surface area (Å²) in [7, 11) is 1.81. The first-order valence-corrected chi connectivity index (χ1v) is 9.42. The van der Waals surface area contributed by atoms with E-state index in [-0.39, 0.29) is 5.56 Å². The van der Waals surface area contributed by atoms with Crippen LogP contribution in [0.5, 0.6) is 0 Å². The third kappa shape index (κ3) is 2.92. The van der Waals surface area contributed by atoms with Gasteiger partial charge in [-0.3, -0.25) is 14.5 Å². The van der Waals surface area contributed by atoms with Crippen molar-refractivity contribution < 1.29 is 0 Å². The summed E-state index contributed by atoms with van der Waals surface area (Å²) < 4.78 is 1.64. The maximum absolute atomic E-state index is 12.3. The van der Waals surface area contributed by atoms with Crippen molar-refractivity contribution >= 4 is 22.8 Å². The van der Waals surface area contributed by atoms with E-state index in [4.69, 9.17) is 0 Å². The van der Waals surface area contributed by atoms with Crippen LogP contribution >= 0.6 is 0 Å². The molecule has 9 heteroatoms. The molecule has 5 rings (SSSR count). The van der Waals surface area contributed by atoms with E-state index in [2.05, 4.69) is 34.8 Å². The fourth-order valence-corrected chi connectivity index (χ4v) is 3.99. The number of anilines is 2. The van der Waals surface area contributed by atoms with Gasteiger partial charge in [0.25, 0.3) is 5.56 Å². The van der Waals surface area contributed by atoms with E-state index >= 15 is 0 Å². The number of aromatic amines is 1. The van der Waals surface area contributed by atoms with Crippen LogP contribution in [0.15, 0.2) is 29.6 Å². The molecule has 3 aromatic heterocycles. The number of hydrogen-bond acceptors (Lipinski definition) is 7. The predicted molar refractivity (Wildman–Crippen MR) is 102 cm³/mol. The summed E-state index contributed by atoms with van der Waals surface area (Å²) in [6.07, 6.45) is 9.47. The Labute approximate surface area is 156 Å². The van der Waals surface area contributed by atoms with E-state index in [0.29, 0.717) is 29.1 Å². The third-order valence-corrected chi connectivity index (χ3v) is 5.52. The molecule has 9 nitrogen and oxygen atoms in total. The van der Waals surface area contributed by atoms with Crippen molar-refractivity contribution in [2.75, 3.05) is 22.9 Å². The lowest BCUT2D eigenvalue weighted by molar-refractivity contribution is 0.455. The van der Waals surface area contributed by atoms with Crippen molar-refractivity contribution in [2.45, 2.75) is 37.8 Å². The van der Waals surface area contributed by atoms with Gasteiger partial charge < -0.3 is 9.80 Å². The zero-order valence-corrected chi connectivity index (χ0v) is 15.2. The van der Waals surface area contributed by atoms with Gasteiger partial charge in [0.05, 0.1) is 6.20 Å². The molecule has 1 aliphatic heterocycles. The van der Waals surface area contributed by atoms with E-state index in [1.54, 1.807) is 24.3 Å². The third-order valence-electron chi connectivity index (χ3n) is 5.52. The number of H-pyrrole nitrogens is 1. The fraction of sp³-hybridized carbons (Fsp3) is 0.500. The van der Waals surface area contributed by atoms with Crippen LogP contribution in [0.25, 0.3) is 11.0 Å². The zero-order valence-electron chi connectivity index (χ0n) is 15.2. The number of aromatic nitrogens is 6. The molecule has 0 unspecified atom stereocenters. The SMILES string of the molecule is Cn1ncc2c(=O)[nH]c(N3CCC(N(c4ccncn4)C4CC4)CC3)nc21. The summed E-state index contributed by atoms with van der Waals surface area (Å²) in [6, 6.07) is 3.05. The Morgan fingerprint density at radius 2 is 1.96 bits per heavy atom. The minimum absolute atomic E-state index is 0.134. The highest BCUT2D eigenvalue weighted by Gasteiger charge is 2.36. The summed E-state index contributed by atoms with van der Waals surface area (Å²) >= 11 is 0. The summed E-state index contributed by atoms with van der Waals surface area (Å²) in [5.74, 6) is 1.66. The zero-order chi connectivity index (χ0) is 18.4. The Morgan fingerprint density at radius 1 is 1.19 bits per heavy atom. The minimum Gasteiger partial charge on any atom is -0.350 e. The second kappa shape index (κ2) is 6.33. The van der Waals surface area contributed by atoms with Crippen LogP contribution in [0.2, 0.25) is 0 Å². The number of fused-ring (bicyclic) bond motifs is 1. The van der Waals surface area contributed by atoms with Crippen molar-refractivity contribution in [1.82, 2.24) is 29.7 Å². The van der Waals surface area contributed by atoms with Crippen molar-refractivity contribution in [1.29, 1.82) is 0 Å². The van der Waals surface area contributed by atoms with E-state index in [1.807, 2.05) is 12.3 Å². The molecule has 3 aromatic rings. The highest BCUT2D eigenvalue weighted by Crippen LogP contribution is 2.35. The maximum Gasteiger partial charge on any atom is 0.263 e. The standard InChI is InChI=1S/C18H22N8O/c1-24-16-14(10-21-24)17(27)23-18(22-16)25-8-5-13(6-9-25)26(12-2-3-12)15-4-7-19-11-20-15/h4,7,10-13H,2-3,5-6,8-9H2,1H3,(H,22,23,27). The molecule has 0 aromatic carbocycles. The van der Waals surface area contributed by atoms with Crippen LogP contribution in [0, 0.1) is 0 Å². The van der Waals surface area contributed by atoms with Gasteiger partial charge in [-0.15, -0.1) is 0 Å². The van der Waals surface area contributed by atoms with Gasteiger partial charge in [-0.1, -0.05) is 0 Å². The Balaban J connectivity index is 1.35. The van der Waals surface area contributed by atoms with Crippen molar-refractivity contribution in [3.05, 3.63) is 35.1 Å². The largest absolute Gasteiger partial charge is 0.350 e. The number of rotatable bonds is 4. The fourth-order valence-electron chi connectivity index (χ4n) is 3.99. The molecule has 4 heterocycles. The van der Waals surface area contributed by atoms with E-state index < -0.39 is 0 Å². The molecule has 0 radical (unpaired) electrons. The first kappa shape index (κ1) is 16.2. The van der Waals surface area contributed by atoms with Crippen molar-refractivity contribution in [2.24, 2.45) is 7.05 Å². The van der Waals surface area contributed by atoms with E-state index in [9.17, 15) is 4.79 Å². The van der Waals surface area contributed by atoms with Crippen LogP contribution in [-0.4, -0.2) is 54.9 Å². The lowest BCUT2D eigenvalue weighted by atomic mass is 10.0. The molecule has 1 N–H and O–H groups in total. The van der Waals surface area contributed by atoms with E-state index in [0.717, 1.165) is 31.7 Å². The Morgan fingerprint density at radius 3 is 2.67 bits per heavy atom. The van der Waals surface area contributed by atoms with Gasteiger partial charge in [0.2, 0.25) is 5.95 Å². The summed E-state index contributed by atoms with van der Waals surface area (Å²) in [6.45, 7) is 1.70. The summed E-state index contributed by atoms with van der Waals surface area (Å²) in [5.41, 5.74) is 0.488. The molecule has 0 atom stereocenters. The molecule has 1 aliphatic carbocycles. The average Bonchev–Trinajstić information content (AvgIpc) is 3.46. The number of nitrogens with one attached hydrogen (secondary N) is 1. The smallest absolute Gasteiger partial charge is 0.263 e. The second-order valence-electron chi connectivity index (χ2n) is 7.32. The maximum atomic E-state index is 12.3. The van der Waals surface area contributed by atoms with Crippen molar-refractivity contribution in [3.63, 3.8) is 0 Å². The Hall–Kier alpha value is -2.97. The molecule has 2 aliphatic rings. The number of nitrogens with zero attached hydrogens (tertiary/aromatic N) is 7. The van der Waals surface area contributed by atoms with Crippen LogP contribution in [-0.2, 0) is 7.05 Å².